The molecule has 0 atom stereocenters. The Bertz CT molecular complexity index is 972. The molecule has 1 amide bonds. The van der Waals surface area contributed by atoms with E-state index in [1.54, 1.807) is 6.92 Å². The van der Waals surface area contributed by atoms with E-state index in [0.29, 0.717) is 11.5 Å². The summed E-state index contributed by atoms with van der Waals surface area (Å²) < 4.78 is 1.54. The van der Waals surface area contributed by atoms with Crippen LogP contribution in [0.25, 0.3) is 11.9 Å². The third kappa shape index (κ3) is 3.95. The highest BCUT2D eigenvalue weighted by Gasteiger charge is 2.14. The maximum absolute atomic E-state index is 12.2. The molecular weight excluding hydrogens is 316 g/mol. The van der Waals surface area contributed by atoms with Gasteiger partial charge in [0.25, 0.3) is 5.78 Å². The van der Waals surface area contributed by atoms with Crippen molar-refractivity contribution < 1.29 is 4.79 Å². The number of aryl methyl sites for hydroxylation is 2. The summed E-state index contributed by atoms with van der Waals surface area (Å²) in [7, 11) is 0. The van der Waals surface area contributed by atoms with Gasteiger partial charge in [0.15, 0.2) is 0 Å². The predicted octanol–water partition coefficient (Wildman–Crippen LogP) is 2.56. The van der Waals surface area contributed by atoms with E-state index in [4.69, 9.17) is 0 Å². The van der Waals surface area contributed by atoms with E-state index in [0.717, 1.165) is 17.0 Å². The first kappa shape index (κ1) is 16.5. The number of rotatable bonds is 4. The lowest BCUT2D eigenvalue weighted by Gasteiger charge is -1.97. The van der Waals surface area contributed by atoms with Crippen LogP contribution in [0, 0.1) is 13.8 Å². The second-order valence-electron chi connectivity index (χ2n) is 5.62. The van der Waals surface area contributed by atoms with Crippen molar-refractivity contribution in [2.45, 2.75) is 20.8 Å². The van der Waals surface area contributed by atoms with Crippen LogP contribution in [0.15, 0.2) is 47.6 Å². The second-order valence-corrected chi connectivity index (χ2v) is 5.62. The number of hydrogen-bond donors (Lipinski definition) is 1. The Balaban J connectivity index is 1.71. The molecule has 126 valence electrons. The molecule has 0 saturated heterocycles. The number of allylic oxidation sites excluding steroid dienone is 1. The maximum Gasteiger partial charge on any atom is 0.311 e. The van der Waals surface area contributed by atoms with Crippen molar-refractivity contribution in [3.63, 3.8) is 0 Å². The number of carbonyl (C=O) groups excluding carboxylic acids is 1. The van der Waals surface area contributed by atoms with Crippen molar-refractivity contribution in [1.29, 1.82) is 0 Å². The van der Waals surface area contributed by atoms with Gasteiger partial charge in [-0.05, 0) is 38.5 Å². The molecule has 7 heteroatoms. The standard InChI is InChI=1S/C18H18N6O/c1-12(9-10-15-7-5-4-6-8-15)21-22-17(25)16-20-18-19-13(2)11-14(3)24(18)23-16/h4-11H,1-3H3,(H,22,25)/b10-9+,21-12+. The summed E-state index contributed by atoms with van der Waals surface area (Å²) in [6.07, 6.45) is 3.74. The zero-order valence-electron chi connectivity index (χ0n) is 14.3. The van der Waals surface area contributed by atoms with E-state index in [-0.39, 0.29) is 5.82 Å². The fourth-order valence-corrected chi connectivity index (χ4v) is 2.27. The van der Waals surface area contributed by atoms with Crippen LogP contribution in [0.2, 0.25) is 0 Å². The number of aromatic nitrogens is 4. The first-order valence-corrected chi connectivity index (χ1v) is 7.82. The average Bonchev–Trinajstić information content (AvgIpc) is 3.03. The monoisotopic (exact) mass is 334 g/mol. The molecular formula is C18H18N6O. The van der Waals surface area contributed by atoms with Crippen LogP contribution < -0.4 is 5.43 Å². The fourth-order valence-electron chi connectivity index (χ4n) is 2.27. The van der Waals surface area contributed by atoms with Crippen molar-refractivity contribution in [1.82, 2.24) is 25.0 Å². The fraction of sp³-hybridized carbons (Fsp3) is 0.167. The average molecular weight is 334 g/mol. The number of hydrogen-bond acceptors (Lipinski definition) is 5. The highest BCUT2D eigenvalue weighted by molar-refractivity contribution is 5.98. The molecule has 0 aliphatic carbocycles. The van der Waals surface area contributed by atoms with Gasteiger partial charge in [0.2, 0.25) is 5.82 Å². The Morgan fingerprint density at radius 1 is 1.20 bits per heavy atom. The van der Waals surface area contributed by atoms with Crippen molar-refractivity contribution in [3.8, 4) is 0 Å². The molecule has 3 aromatic rings. The lowest BCUT2D eigenvalue weighted by Crippen LogP contribution is -2.20. The van der Waals surface area contributed by atoms with Crippen molar-refractivity contribution in [3.05, 3.63) is 65.2 Å². The molecule has 25 heavy (non-hydrogen) atoms. The van der Waals surface area contributed by atoms with Gasteiger partial charge in [0.05, 0.1) is 5.71 Å². The smallest absolute Gasteiger partial charge is 0.264 e. The molecule has 0 saturated carbocycles. The SMILES string of the molecule is CC(/C=C/c1ccccc1)=N\NC(=O)c1nc2nc(C)cc(C)n2n1. The van der Waals surface area contributed by atoms with E-state index in [9.17, 15) is 4.79 Å². The van der Waals surface area contributed by atoms with Gasteiger partial charge in [-0.15, -0.1) is 5.10 Å². The molecule has 0 unspecified atom stereocenters. The number of fused-ring (bicyclic) bond motifs is 1. The van der Waals surface area contributed by atoms with Gasteiger partial charge in [-0.3, -0.25) is 4.79 Å². The highest BCUT2D eigenvalue weighted by Crippen LogP contribution is 2.05. The number of benzene rings is 1. The molecule has 1 aromatic carbocycles. The number of hydrazone groups is 1. The molecule has 7 nitrogen and oxygen atoms in total. The van der Waals surface area contributed by atoms with Crippen molar-refractivity contribution in [2.24, 2.45) is 5.10 Å². The molecule has 1 N–H and O–H groups in total. The zero-order chi connectivity index (χ0) is 17.8. The van der Waals surface area contributed by atoms with Crippen LogP contribution in [0.1, 0.15) is 34.5 Å². The van der Waals surface area contributed by atoms with Crippen molar-refractivity contribution >= 4 is 23.5 Å². The molecule has 0 fully saturated rings. The van der Waals surface area contributed by atoms with E-state index in [1.807, 2.05) is 62.4 Å². The van der Waals surface area contributed by atoms with Gasteiger partial charge < -0.3 is 0 Å². The summed E-state index contributed by atoms with van der Waals surface area (Å²) >= 11 is 0. The zero-order valence-corrected chi connectivity index (χ0v) is 14.3. The summed E-state index contributed by atoms with van der Waals surface area (Å²) in [5.74, 6) is -0.0490. The van der Waals surface area contributed by atoms with Crippen LogP contribution >= 0.6 is 0 Å². The molecule has 0 aliphatic heterocycles. The number of carbonyl (C=O) groups is 1. The summed E-state index contributed by atoms with van der Waals surface area (Å²) in [6.45, 7) is 5.55. The van der Waals surface area contributed by atoms with Crippen LogP contribution in [0.3, 0.4) is 0 Å². The van der Waals surface area contributed by atoms with Crippen molar-refractivity contribution in [2.75, 3.05) is 0 Å². The van der Waals surface area contributed by atoms with E-state index >= 15 is 0 Å². The van der Waals surface area contributed by atoms with Gasteiger partial charge in [-0.25, -0.2) is 14.9 Å². The third-order valence-corrected chi connectivity index (χ3v) is 3.47. The van der Waals surface area contributed by atoms with E-state index in [2.05, 4.69) is 25.6 Å². The van der Waals surface area contributed by atoms with Crippen LogP contribution in [-0.2, 0) is 0 Å². The molecule has 2 aromatic heterocycles. The minimum absolute atomic E-state index is 0.0322. The maximum atomic E-state index is 12.2. The van der Waals surface area contributed by atoms with Gasteiger partial charge in [-0.1, -0.05) is 36.4 Å². The molecule has 2 heterocycles. The molecule has 0 bridgehead atoms. The Kier molecular flexibility index (Phi) is 4.65. The van der Waals surface area contributed by atoms with Crippen LogP contribution in [0.4, 0.5) is 0 Å². The molecule has 0 radical (unpaired) electrons. The molecule has 0 aliphatic rings. The van der Waals surface area contributed by atoms with Gasteiger partial charge in [0.1, 0.15) is 0 Å². The third-order valence-electron chi connectivity index (χ3n) is 3.47. The summed E-state index contributed by atoms with van der Waals surface area (Å²) in [5, 5.41) is 8.21. The summed E-state index contributed by atoms with van der Waals surface area (Å²) in [5.41, 5.74) is 5.86. The Morgan fingerprint density at radius 2 is 1.96 bits per heavy atom. The van der Waals surface area contributed by atoms with E-state index in [1.165, 1.54) is 4.52 Å². The quantitative estimate of drug-likeness (QED) is 0.587. The minimum atomic E-state index is -0.477. The topological polar surface area (TPSA) is 84.5 Å². The first-order valence-electron chi connectivity index (χ1n) is 7.82. The lowest BCUT2D eigenvalue weighted by molar-refractivity contribution is 0.0944. The highest BCUT2D eigenvalue weighted by atomic mass is 16.2. The van der Waals surface area contributed by atoms with Gasteiger partial charge in [0, 0.05) is 11.4 Å². The number of nitrogens with zero attached hydrogens (tertiary/aromatic N) is 5. The Labute approximate surface area is 145 Å². The molecule has 3 rings (SSSR count). The summed E-state index contributed by atoms with van der Waals surface area (Å²) in [6, 6.07) is 11.7. The largest absolute Gasteiger partial charge is 0.311 e. The Hall–Kier alpha value is -3.35. The van der Waals surface area contributed by atoms with Gasteiger partial charge in [-0.2, -0.15) is 10.1 Å². The van der Waals surface area contributed by atoms with Gasteiger partial charge >= 0.3 is 5.91 Å². The van der Waals surface area contributed by atoms with E-state index < -0.39 is 5.91 Å². The van der Waals surface area contributed by atoms with Crippen LogP contribution in [0.5, 0.6) is 0 Å². The summed E-state index contributed by atoms with van der Waals surface area (Å²) in [4.78, 5) is 20.6. The Morgan fingerprint density at radius 3 is 2.72 bits per heavy atom. The lowest BCUT2D eigenvalue weighted by atomic mass is 10.2. The molecule has 0 spiro atoms. The number of amides is 1. The van der Waals surface area contributed by atoms with Crippen LogP contribution in [-0.4, -0.2) is 31.2 Å². The number of nitrogens with one attached hydrogen (secondary N) is 1. The normalized spacial score (nSPS) is 12.0. The predicted molar refractivity (Wildman–Crippen MR) is 96.3 cm³/mol. The first-order chi connectivity index (χ1) is 12.0. The minimum Gasteiger partial charge on any atom is -0.264 e. The second kappa shape index (κ2) is 7.04.